The molecule has 0 spiro atoms. The van der Waals surface area contributed by atoms with Crippen LogP contribution in [-0.2, 0) is 32.7 Å². The normalized spacial score (nSPS) is 13.4. The number of phosphoric acid groups is 1. The van der Waals surface area contributed by atoms with Gasteiger partial charge in [-0.05, 0) is 89.9 Å². The molecule has 2 atom stereocenters. The van der Waals surface area contributed by atoms with Crippen LogP contribution in [0.2, 0.25) is 0 Å². The molecule has 0 aromatic heterocycles. The number of rotatable bonds is 79. The standard InChI is InChI=1S/C88H162NO8P/c1-6-8-10-12-14-16-18-20-22-24-26-28-30-32-34-36-38-40-42-43-44-45-47-48-50-52-54-56-58-60-62-64-66-68-70-72-74-76-78-80-87(90)94-84-86(85-96-98(92,93)95-83-82-89(3,4)5)97-88(91)81-79-77-75-73-71-69-67-65-63-61-59-57-55-53-51-49-46-41-39-37-35-33-31-29-27-25-23-21-19-17-15-13-11-9-7-2/h9,11,15,17-18,20-21,23-24,26-27,29,33,35,86H,6-8,10,12-14,16,19,22,25,28,30-32,34,36-85H2,1-5H3/b11-9-,17-15-,20-18-,23-21-,26-24-,29-27-,35-33-. The van der Waals surface area contributed by atoms with Gasteiger partial charge >= 0.3 is 11.9 Å². The Bertz CT molecular complexity index is 1930. The molecule has 0 aliphatic heterocycles. The second-order valence-corrected chi connectivity index (χ2v) is 31.2. The first-order valence-electron chi connectivity index (χ1n) is 42.3. The minimum atomic E-state index is -4.65. The van der Waals surface area contributed by atoms with Gasteiger partial charge in [-0.1, -0.05) is 394 Å². The largest absolute Gasteiger partial charge is 0.756 e. The quantitative estimate of drug-likeness (QED) is 0.0195. The molecule has 0 radical (unpaired) electrons. The average Bonchev–Trinajstić information content (AvgIpc) is 1.08. The Hall–Kier alpha value is -2.81. The molecule has 572 valence electrons. The van der Waals surface area contributed by atoms with Crippen LogP contribution in [0.5, 0.6) is 0 Å². The molecule has 0 saturated carbocycles. The summed E-state index contributed by atoms with van der Waals surface area (Å²) in [5, 5.41) is 0. The maximum Gasteiger partial charge on any atom is 0.306 e. The summed E-state index contributed by atoms with van der Waals surface area (Å²) in [6.07, 6.45) is 109. The molecular weight excluding hydrogens is 1230 g/mol. The topological polar surface area (TPSA) is 111 Å². The predicted octanol–water partition coefficient (Wildman–Crippen LogP) is 27.8. The lowest BCUT2D eigenvalue weighted by Crippen LogP contribution is -2.37. The van der Waals surface area contributed by atoms with Crippen LogP contribution < -0.4 is 4.89 Å². The molecule has 0 fully saturated rings. The van der Waals surface area contributed by atoms with Crippen molar-refractivity contribution in [3.63, 3.8) is 0 Å². The molecule has 0 aliphatic carbocycles. The van der Waals surface area contributed by atoms with Crippen molar-refractivity contribution >= 4 is 19.8 Å². The molecule has 0 rings (SSSR count). The van der Waals surface area contributed by atoms with Crippen molar-refractivity contribution in [3.05, 3.63) is 85.1 Å². The summed E-state index contributed by atoms with van der Waals surface area (Å²) in [6, 6.07) is 0. The van der Waals surface area contributed by atoms with Crippen molar-refractivity contribution in [2.45, 2.75) is 418 Å². The van der Waals surface area contributed by atoms with Crippen LogP contribution in [0.15, 0.2) is 85.1 Å². The number of quaternary nitrogens is 1. The van der Waals surface area contributed by atoms with Crippen molar-refractivity contribution in [1.29, 1.82) is 0 Å². The number of likely N-dealkylation sites (N-methyl/N-ethyl adjacent to an activating group) is 1. The van der Waals surface area contributed by atoms with Gasteiger partial charge in [0.05, 0.1) is 27.7 Å². The van der Waals surface area contributed by atoms with Gasteiger partial charge in [-0.3, -0.25) is 14.2 Å². The van der Waals surface area contributed by atoms with Crippen LogP contribution in [-0.4, -0.2) is 70.0 Å². The third-order valence-corrected chi connectivity index (χ3v) is 19.9. The van der Waals surface area contributed by atoms with Crippen LogP contribution >= 0.6 is 7.82 Å². The number of unbranched alkanes of at least 4 members (excludes halogenated alkanes) is 51. The first-order valence-corrected chi connectivity index (χ1v) is 43.8. The van der Waals surface area contributed by atoms with E-state index < -0.39 is 26.5 Å². The third kappa shape index (κ3) is 82.1. The van der Waals surface area contributed by atoms with Crippen molar-refractivity contribution in [2.75, 3.05) is 47.5 Å². The molecule has 0 bridgehead atoms. The molecule has 0 saturated heterocycles. The van der Waals surface area contributed by atoms with E-state index in [9.17, 15) is 19.0 Å². The Morgan fingerprint density at radius 2 is 0.582 bits per heavy atom. The summed E-state index contributed by atoms with van der Waals surface area (Å²) in [4.78, 5) is 38.2. The summed E-state index contributed by atoms with van der Waals surface area (Å²) in [5.74, 6) is -0.812. The fourth-order valence-electron chi connectivity index (χ4n) is 12.5. The van der Waals surface area contributed by atoms with Crippen molar-refractivity contribution in [1.82, 2.24) is 0 Å². The highest BCUT2D eigenvalue weighted by Crippen LogP contribution is 2.38. The van der Waals surface area contributed by atoms with E-state index in [1.165, 1.54) is 302 Å². The minimum absolute atomic E-state index is 0.0296. The number of hydrogen-bond acceptors (Lipinski definition) is 8. The number of allylic oxidation sites excluding steroid dienone is 14. The Morgan fingerprint density at radius 3 is 0.867 bits per heavy atom. The zero-order valence-electron chi connectivity index (χ0n) is 65.5. The SMILES string of the molecule is CC/C=C\C/C=C\C/C=C\C/C=C\C/C=C\CCCCCCCCCCCCCCCCCCCCCC(=O)OC(COC(=O)CCCCCCCCCCCCCCCCCCCCCCCCCCCCC/C=C\C/C=C\CCCCCCC)COP(=O)([O-])OCC[N+](C)(C)C. The highest BCUT2D eigenvalue weighted by atomic mass is 31.2. The van der Waals surface area contributed by atoms with Crippen LogP contribution in [0, 0.1) is 0 Å². The van der Waals surface area contributed by atoms with Crippen molar-refractivity contribution in [2.24, 2.45) is 0 Å². The Balaban J connectivity index is 3.89. The number of nitrogens with zero attached hydrogens (tertiary/aromatic N) is 1. The molecule has 0 aromatic rings. The van der Waals surface area contributed by atoms with Gasteiger partial charge in [0.2, 0.25) is 0 Å². The van der Waals surface area contributed by atoms with E-state index in [1.807, 2.05) is 21.1 Å². The van der Waals surface area contributed by atoms with Gasteiger partial charge < -0.3 is 27.9 Å². The number of carbonyl (C=O) groups is 2. The van der Waals surface area contributed by atoms with Gasteiger partial charge in [-0.15, -0.1) is 0 Å². The van der Waals surface area contributed by atoms with E-state index >= 15 is 0 Å². The predicted molar refractivity (Wildman–Crippen MR) is 425 cm³/mol. The van der Waals surface area contributed by atoms with Gasteiger partial charge in [0, 0.05) is 12.8 Å². The molecule has 0 amide bonds. The first-order chi connectivity index (χ1) is 48.0. The fraction of sp³-hybridized carbons (Fsp3) is 0.818. The molecule has 10 heteroatoms. The summed E-state index contributed by atoms with van der Waals surface area (Å²) in [5.41, 5.74) is 0. The summed E-state index contributed by atoms with van der Waals surface area (Å²) in [7, 11) is 1.18. The third-order valence-electron chi connectivity index (χ3n) is 18.9. The van der Waals surface area contributed by atoms with Crippen LogP contribution in [0.25, 0.3) is 0 Å². The van der Waals surface area contributed by atoms with Crippen LogP contribution in [0.4, 0.5) is 0 Å². The monoisotopic (exact) mass is 1390 g/mol. The highest BCUT2D eigenvalue weighted by molar-refractivity contribution is 7.45. The van der Waals surface area contributed by atoms with Gasteiger partial charge in [0.15, 0.2) is 6.10 Å². The van der Waals surface area contributed by atoms with E-state index in [0.717, 1.165) is 77.0 Å². The number of carbonyl (C=O) groups excluding carboxylic acids is 2. The average molecular weight is 1390 g/mol. The Morgan fingerprint density at radius 1 is 0.327 bits per heavy atom. The second-order valence-electron chi connectivity index (χ2n) is 29.8. The molecule has 0 heterocycles. The highest BCUT2D eigenvalue weighted by Gasteiger charge is 2.22. The van der Waals surface area contributed by atoms with Crippen molar-refractivity contribution in [3.8, 4) is 0 Å². The Labute approximate surface area is 609 Å². The fourth-order valence-corrected chi connectivity index (χ4v) is 13.2. The van der Waals surface area contributed by atoms with E-state index in [0.29, 0.717) is 17.4 Å². The van der Waals surface area contributed by atoms with Gasteiger partial charge in [-0.25, -0.2) is 0 Å². The lowest BCUT2D eigenvalue weighted by Gasteiger charge is -2.28. The molecule has 0 N–H and O–H groups in total. The van der Waals surface area contributed by atoms with E-state index in [2.05, 4.69) is 98.9 Å². The van der Waals surface area contributed by atoms with E-state index in [-0.39, 0.29) is 32.0 Å². The molecule has 98 heavy (non-hydrogen) atoms. The minimum Gasteiger partial charge on any atom is -0.756 e. The number of phosphoric ester groups is 1. The zero-order valence-corrected chi connectivity index (χ0v) is 66.4. The smallest absolute Gasteiger partial charge is 0.306 e. The molecule has 9 nitrogen and oxygen atoms in total. The number of ether oxygens (including phenoxy) is 2. The first kappa shape index (κ1) is 95.2. The van der Waals surface area contributed by atoms with Crippen LogP contribution in [0.3, 0.4) is 0 Å². The lowest BCUT2D eigenvalue weighted by atomic mass is 10.0. The van der Waals surface area contributed by atoms with Gasteiger partial charge in [0.25, 0.3) is 7.82 Å². The summed E-state index contributed by atoms with van der Waals surface area (Å²) in [6.45, 7) is 4.18. The zero-order chi connectivity index (χ0) is 71.1. The lowest BCUT2D eigenvalue weighted by molar-refractivity contribution is -0.870. The maximum absolute atomic E-state index is 12.9. The van der Waals surface area contributed by atoms with Gasteiger partial charge in [0.1, 0.15) is 19.8 Å². The Kier molecular flexibility index (Phi) is 76.1. The number of hydrogen-bond donors (Lipinski definition) is 0. The second kappa shape index (κ2) is 78.3. The molecule has 0 aromatic carbocycles. The summed E-state index contributed by atoms with van der Waals surface area (Å²) >= 11 is 0. The maximum atomic E-state index is 12.9. The molecule has 2 unspecified atom stereocenters. The summed E-state index contributed by atoms with van der Waals surface area (Å²) < 4.78 is 34.5. The van der Waals surface area contributed by atoms with E-state index in [4.69, 9.17) is 18.5 Å². The van der Waals surface area contributed by atoms with Crippen molar-refractivity contribution < 1.29 is 42.1 Å². The molecule has 0 aliphatic rings. The van der Waals surface area contributed by atoms with Gasteiger partial charge in [-0.2, -0.15) is 0 Å². The number of esters is 2. The molecular formula is C88H162NO8P. The van der Waals surface area contributed by atoms with E-state index in [1.54, 1.807) is 0 Å². The van der Waals surface area contributed by atoms with Crippen LogP contribution in [0.1, 0.15) is 412 Å².